The first-order valence-corrected chi connectivity index (χ1v) is 11.4. The van der Waals surface area contributed by atoms with Crippen LogP contribution in [0.2, 0.25) is 0 Å². The van der Waals surface area contributed by atoms with Crippen molar-refractivity contribution >= 4 is 21.6 Å². The molecule has 2 fully saturated rings. The lowest BCUT2D eigenvalue weighted by Gasteiger charge is -2.37. The quantitative estimate of drug-likeness (QED) is 0.796. The number of carbonyl (C=O) groups excluding carboxylic acids is 1. The number of hydrogen-bond acceptors (Lipinski definition) is 4. The molecule has 1 aliphatic carbocycles. The van der Waals surface area contributed by atoms with Gasteiger partial charge in [-0.25, -0.2) is 17.2 Å². The Kier molecular flexibility index (Phi) is 5.59. The maximum absolute atomic E-state index is 14.1. The van der Waals surface area contributed by atoms with Crippen molar-refractivity contribution in [1.29, 1.82) is 0 Å². The number of carbonyl (C=O) groups is 1. The minimum absolute atomic E-state index is 0.0197. The smallest absolute Gasteiger partial charge is 0.244 e. The summed E-state index contributed by atoms with van der Waals surface area (Å²) in [5.41, 5.74) is -0.602. The predicted molar refractivity (Wildman–Crippen MR) is 107 cm³/mol. The van der Waals surface area contributed by atoms with Gasteiger partial charge in [0.1, 0.15) is 16.5 Å². The molecule has 1 aliphatic heterocycles. The van der Waals surface area contributed by atoms with Gasteiger partial charge in [0.25, 0.3) is 0 Å². The molecular formula is C21H23F2N3O3S. The van der Waals surface area contributed by atoms with E-state index in [1.54, 1.807) is 6.07 Å². The fourth-order valence-corrected chi connectivity index (χ4v) is 6.20. The molecule has 1 atom stereocenters. The van der Waals surface area contributed by atoms with Gasteiger partial charge in [-0.15, -0.1) is 0 Å². The molecule has 6 nitrogen and oxygen atoms in total. The summed E-state index contributed by atoms with van der Waals surface area (Å²) in [5.74, 6) is -2.65. The van der Waals surface area contributed by atoms with Crippen LogP contribution in [-0.4, -0.2) is 36.7 Å². The molecule has 1 saturated heterocycles. The largest absolute Gasteiger partial charge is 0.323 e. The van der Waals surface area contributed by atoms with Crippen molar-refractivity contribution in [3.8, 4) is 0 Å². The van der Waals surface area contributed by atoms with Gasteiger partial charge >= 0.3 is 0 Å². The zero-order chi connectivity index (χ0) is 21.4. The summed E-state index contributed by atoms with van der Waals surface area (Å²) >= 11 is 0. The summed E-state index contributed by atoms with van der Waals surface area (Å²) in [6, 6.07) is 6.00. The monoisotopic (exact) mass is 435 g/mol. The number of hydrogen-bond donors (Lipinski definition) is 1. The molecule has 0 radical (unpaired) electrons. The van der Waals surface area contributed by atoms with Gasteiger partial charge in [-0.1, -0.05) is 19.3 Å². The molecule has 1 aromatic heterocycles. The highest BCUT2D eigenvalue weighted by Crippen LogP contribution is 2.49. The zero-order valence-electron chi connectivity index (χ0n) is 16.4. The van der Waals surface area contributed by atoms with Crippen LogP contribution in [0.5, 0.6) is 0 Å². The summed E-state index contributed by atoms with van der Waals surface area (Å²) in [6.07, 6.45) is 7.12. The summed E-state index contributed by atoms with van der Waals surface area (Å²) in [4.78, 5) is 17.1. The van der Waals surface area contributed by atoms with Crippen LogP contribution in [0.4, 0.5) is 14.5 Å². The van der Waals surface area contributed by atoms with E-state index in [1.807, 2.05) is 0 Å². The Bertz CT molecular complexity index is 1040. The molecule has 4 rings (SSSR count). The second kappa shape index (κ2) is 8.03. The Hall–Kier alpha value is -2.39. The van der Waals surface area contributed by atoms with E-state index >= 15 is 0 Å². The third kappa shape index (κ3) is 3.83. The third-order valence-electron chi connectivity index (χ3n) is 6.24. The lowest BCUT2D eigenvalue weighted by Crippen LogP contribution is -2.39. The lowest BCUT2D eigenvalue weighted by atomic mass is 9.67. The van der Waals surface area contributed by atoms with Crippen molar-refractivity contribution in [3.05, 3.63) is 54.4 Å². The fourth-order valence-electron chi connectivity index (χ4n) is 4.69. The maximum Gasteiger partial charge on any atom is 0.244 e. The molecule has 1 N–H and O–H groups in total. The molecule has 30 heavy (non-hydrogen) atoms. The number of aromatic nitrogens is 1. The number of pyridine rings is 1. The number of nitrogens with zero attached hydrogens (tertiary/aromatic N) is 2. The Morgan fingerprint density at radius 1 is 1.17 bits per heavy atom. The van der Waals surface area contributed by atoms with Crippen LogP contribution < -0.4 is 5.32 Å². The summed E-state index contributed by atoms with van der Waals surface area (Å²) in [6.45, 7) is 0.264. The molecule has 1 aromatic carbocycles. The van der Waals surface area contributed by atoms with E-state index in [0.29, 0.717) is 6.07 Å². The van der Waals surface area contributed by atoms with Gasteiger partial charge in [0.15, 0.2) is 0 Å². The van der Waals surface area contributed by atoms with E-state index in [4.69, 9.17) is 0 Å². The van der Waals surface area contributed by atoms with Crippen molar-refractivity contribution in [2.75, 3.05) is 18.4 Å². The van der Waals surface area contributed by atoms with Crippen LogP contribution in [0.1, 0.15) is 32.1 Å². The maximum atomic E-state index is 14.1. The Balaban J connectivity index is 1.62. The summed E-state index contributed by atoms with van der Waals surface area (Å²) in [5, 5.41) is 2.55. The van der Waals surface area contributed by atoms with E-state index in [1.165, 1.54) is 28.8 Å². The van der Waals surface area contributed by atoms with Crippen molar-refractivity contribution < 1.29 is 22.0 Å². The van der Waals surface area contributed by atoms with Gasteiger partial charge in [0, 0.05) is 31.5 Å². The first-order chi connectivity index (χ1) is 14.3. The average molecular weight is 435 g/mol. The summed E-state index contributed by atoms with van der Waals surface area (Å²) < 4.78 is 54.8. The number of anilines is 1. The highest BCUT2D eigenvalue weighted by molar-refractivity contribution is 7.89. The number of sulfonamides is 1. The minimum Gasteiger partial charge on any atom is -0.323 e. The van der Waals surface area contributed by atoms with Crippen LogP contribution in [0.15, 0.2) is 47.6 Å². The van der Waals surface area contributed by atoms with Crippen molar-refractivity contribution in [2.24, 2.45) is 11.3 Å². The second-order valence-corrected chi connectivity index (χ2v) is 10.0. The molecule has 2 aromatic rings. The SMILES string of the molecule is O=C(Nc1ccc(F)cc1F)C1CN(S(=O)(=O)c2cccnc2)CC12CCCCC2. The van der Waals surface area contributed by atoms with Crippen LogP contribution in [0.25, 0.3) is 0 Å². The minimum atomic E-state index is -3.80. The Labute approximate surface area is 174 Å². The molecule has 1 saturated carbocycles. The van der Waals surface area contributed by atoms with Gasteiger partial charge < -0.3 is 5.32 Å². The topological polar surface area (TPSA) is 79.4 Å². The number of benzene rings is 1. The highest BCUT2D eigenvalue weighted by Gasteiger charge is 2.53. The molecule has 2 aliphatic rings. The third-order valence-corrected chi connectivity index (χ3v) is 8.04. The number of nitrogens with one attached hydrogen (secondary N) is 1. The van der Waals surface area contributed by atoms with E-state index in [-0.39, 0.29) is 23.7 Å². The van der Waals surface area contributed by atoms with Gasteiger partial charge in [-0.2, -0.15) is 4.31 Å². The van der Waals surface area contributed by atoms with Crippen LogP contribution in [0.3, 0.4) is 0 Å². The van der Waals surface area contributed by atoms with Crippen LogP contribution in [-0.2, 0) is 14.8 Å². The zero-order valence-corrected chi connectivity index (χ0v) is 17.2. The number of amides is 1. The molecular weight excluding hydrogens is 412 g/mol. The van der Waals surface area contributed by atoms with E-state index in [9.17, 15) is 22.0 Å². The number of rotatable bonds is 4. The fraction of sp³-hybridized carbons (Fsp3) is 0.429. The van der Waals surface area contributed by atoms with Crippen molar-refractivity contribution in [2.45, 2.75) is 37.0 Å². The standard InChI is InChI=1S/C21H23F2N3O3S/c22-15-6-7-19(18(23)11-15)25-20(27)17-13-26(14-21(17)8-2-1-3-9-21)30(28,29)16-5-4-10-24-12-16/h4-7,10-12,17H,1-3,8-9,13-14H2,(H,25,27). The normalized spacial score (nSPS) is 21.6. The molecule has 1 spiro atoms. The molecule has 1 unspecified atom stereocenters. The van der Waals surface area contributed by atoms with Gasteiger partial charge in [0.2, 0.25) is 15.9 Å². The summed E-state index contributed by atoms with van der Waals surface area (Å²) in [7, 11) is -3.80. The lowest BCUT2D eigenvalue weighted by molar-refractivity contribution is -0.123. The molecule has 160 valence electrons. The van der Waals surface area contributed by atoms with Crippen molar-refractivity contribution in [3.63, 3.8) is 0 Å². The second-order valence-electron chi connectivity index (χ2n) is 8.08. The highest BCUT2D eigenvalue weighted by atomic mass is 32.2. The Morgan fingerprint density at radius 3 is 2.60 bits per heavy atom. The van der Waals surface area contributed by atoms with Gasteiger partial charge in [-0.3, -0.25) is 9.78 Å². The van der Waals surface area contributed by atoms with E-state index in [0.717, 1.165) is 38.2 Å². The average Bonchev–Trinajstić information content (AvgIpc) is 3.10. The van der Waals surface area contributed by atoms with Crippen LogP contribution in [0, 0.1) is 23.0 Å². The van der Waals surface area contributed by atoms with Crippen LogP contribution >= 0.6 is 0 Å². The molecule has 9 heteroatoms. The predicted octanol–water partition coefficient (Wildman–Crippen LogP) is 3.57. The molecule has 2 heterocycles. The van der Waals surface area contributed by atoms with E-state index < -0.39 is 38.9 Å². The molecule has 0 bridgehead atoms. The number of halogens is 2. The molecule has 1 amide bonds. The van der Waals surface area contributed by atoms with Gasteiger partial charge in [0.05, 0.1) is 11.6 Å². The van der Waals surface area contributed by atoms with Crippen molar-refractivity contribution in [1.82, 2.24) is 9.29 Å². The van der Waals surface area contributed by atoms with E-state index in [2.05, 4.69) is 10.3 Å². The van der Waals surface area contributed by atoms with Gasteiger partial charge in [-0.05, 0) is 42.5 Å². The first kappa shape index (κ1) is 20.9. The Morgan fingerprint density at radius 2 is 1.93 bits per heavy atom. The first-order valence-electron chi connectivity index (χ1n) is 9.98.